The molecular formula is C23H36O4. The van der Waals surface area contributed by atoms with E-state index in [1.807, 2.05) is 68.4 Å². The van der Waals surface area contributed by atoms with Crippen molar-refractivity contribution in [1.82, 2.24) is 0 Å². The van der Waals surface area contributed by atoms with E-state index in [2.05, 4.69) is 0 Å². The molecule has 4 nitrogen and oxygen atoms in total. The van der Waals surface area contributed by atoms with Gasteiger partial charge in [0, 0.05) is 0 Å². The van der Waals surface area contributed by atoms with Crippen LogP contribution < -0.4 is 0 Å². The first-order valence-electron chi connectivity index (χ1n) is 9.86. The lowest BCUT2D eigenvalue weighted by molar-refractivity contribution is 0.0687. The zero-order valence-electron chi connectivity index (χ0n) is 18.4. The normalized spacial score (nSPS) is 12.9. The number of carboxylic acid groups (broad SMARTS) is 2. The van der Waals surface area contributed by atoms with E-state index >= 15 is 0 Å². The lowest BCUT2D eigenvalue weighted by atomic mass is 9.66. The molecule has 0 spiro atoms. The summed E-state index contributed by atoms with van der Waals surface area (Å²) in [6, 6.07) is 1.86. The number of aromatic carboxylic acids is 2. The first-order chi connectivity index (χ1) is 12.2. The highest BCUT2D eigenvalue weighted by atomic mass is 16.4. The molecule has 0 aliphatic rings. The molecule has 0 saturated heterocycles. The Morgan fingerprint density at radius 1 is 0.704 bits per heavy atom. The molecule has 152 valence electrons. The van der Waals surface area contributed by atoms with Crippen molar-refractivity contribution >= 4 is 11.9 Å². The maximum atomic E-state index is 12.4. The standard InChI is InChI=1S/C23H36O4/c1-10-21(4,5)14-13-15(22(6,7)11-2)17(20(26)27)18(16(14)19(24)25)23(8,9)12-3/h13H,10-12H2,1-9H3,(H,24,25)(H,26,27). The van der Waals surface area contributed by atoms with Gasteiger partial charge in [-0.15, -0.1) is 0 Å². The molecule has 27 heavy (non-hydrogen) atoms. The molecule has 1 aromatic carbocycles. The summed E-state index contributed by atoms with van der Waals surface area (Å²) >= 11 is 0. The van der Waals surface area contributed by atoms with Gasteiger partial charge in [0.05, 0.1) is 11.1 Å². The van der Waals surface area contributed by atoms with E-state index in [4.69, 9.17) is 0 Å². The molecule has 2 N–H and O–H groups in total. The van der Waals surface area contributed by atoms with Crippen molar-refractivity contribution < 1.29 is 19.8 Å². The average Bonchev–Trinajstić information content (AvgIpc) is 2.59. The molecular weight excluding hydrogens is 340 g/mol. The fraction of sp³-hybridized carbons (Fsp3) is 0.652. The summed E-state index contributed by atoms with van der Waals surface area (Å²) in [6.07, 6.45) is 2.17. The quantitative estimate of drug-likeness (QED) is 0.571. The van der Waals surface area contributed by atoms with Crippen molar-refractivity contribution in [2.45, 2.75) is 97.8 Å². The molecule has 0 aromatic heterocycles. The Bertz CT molecular complexity index is 687. The Kier molecular flexibility index (Phi) is 6.57. The molecule has 1 rings (SSSR count). The zero-order chi connectivity index (χ0) is 21.4. The lowest BCUT2D eigenvalue weighted by Crippen LogP contribution is -2.33. The predicted molar refractivity (Wildman–Crippen MR) is 110 cm³/mol. The highest BCUT2D eigenvalue weighted by Gasteiger charge is 2.39. The Morgan fingerprint density at radius 2 is 1.00 bits per heavy atom. The molecule has 0 radical (unpaired) electrons. The van der Waals surface area contributed by atoms with Crippen molar-refractivity contribution in [3.05, 3.63) is 33.9 Å². The van der Waals surface area contributed by atoms with Crippen molar-refractivity contribution in [2.24, 2.45) is 0 Å². The predicted octanol–water partition coefficient (Wildman–Crippen LogP) is 6.15. The minimum Gasteiger partial charge on any atom is -0.478 e. The second-order valence-electron chi connectivity index (χ2n) is 9.42. The SMILES string of the molecule is CCC(C)(C)c1cc(C(C)(C)CC)c(C(=O)O)c(C(C)(C)CC)c1C(=O)O. The number of carboxylic acids is 2. The van der Waals surface area contributed by atoms with E-state index in [0.717, 1.165) is 24.0 Å². The Labute approximate surface area is 164 Å². The summed E-state index contributed by atoms with van der Waals surface area (Å²) in [6.45, 7) is 18.0. The molecule has 0 aliphatic heterocycles. The lowest BCUT2D eigenvalue weighted by Gasteiger charge is -2.37. The number of hydrogen-bond acceptors (Lipinski definition) is 2. The van der Waals surface area contributed by atoms with Gasteiger partial charge in [0.15, 0.2) is 0 Å². The molecule has 0 fully saturated rings. The first-order valence-corrected chi connectivity index (χ1v) is 9.86. The van der Waals surface area contributed by atoms with Gasteiger partial charge < -0.3 is 10.2 Å². The van der Waals surface area contributed by atoms with Crippen LogP contribution >= 0.6 is 0 Å². The summed E-state index contributed by atoms with van der Waals surface area (Å²) < 4.78 is 0. The molecule has 0 heterocycles. The van der Waals surface area contributed by atoms with Crippen molar-refractivity contribution in [1.29, 1.82) is 0 Å². The second-order valence-corrected chi connectivity index (χ2v) is 9.42. The third kappa shape index (κ3) is 4.20. The zero-order valence-corrected chi connectivity index (χ0v) is 18.4. The second kappa shape index (κ2) is 7.65. The average molecular weight is 377 g/mol. The number of rotatable bonds is 8. The first kappa shape index (κ1) is 23.2. The molecule has 0 amide bonds. The van der Waals surface area contributed by atoms with Gasteiger partial charge in [-0.2, -0.15) is 0 Å². The minimum atomic E-state index is -1.05. The van der Waals surface area contributed by atoms with Crippen LogP contribution in [0, 0.1) is 0 Å². The largest absolute Gasteiger partial charge is 0.478 e. The van der Waals surface area contributed by atoms with E-state index in [1.165, 1.54) is 0 Å². The van der Waals surface area contributed by atoms with Crippen LogP contribution in [0.25, 0.3) is 0 Å². The van der Waals surface area contributed by atoms with Crippen LogP contribution in [-0.4, -0.2) is 22.2 Å². The molecule has 1 aromatic rings. The summed E-state index contributed by atoms with van der Waals surface area (Å²) in [5, 5.41) is 20.3. The van der Waals surface area contributed by atoms with Gasteiger partial charge in [-0.25, -0.2) is 9.59 Å². The number of hydrogen-bond donors (Lipinski definition) is 2. The van der Waals surface area contributed by atoms with Crippen LogP contribution in [0.5, 0.6) is 0 Å². The molecule has 0 unspecified atom stereocenters. The Balaban J connectivity index is 4.36. The van der Waals surface area contributed by atoms with Crippen molar-refractivity contribution in [2.75, 3.05) is 0 Å². The molecule has 0 saturated carbocycles. The Hall–Kier alpha value is -1.84. The van der Waals surface area contributed by atoms with Gasteiger partial charge in [0.25, 0.3) is 0 Å². The fourth-order valence-electron chi connectivity index (χ4n) is 3.43. The maximum Gasteiger partial charge on any atom is 0.336 e. The van der Waals surface area contributed by atoms with E-state index in [0.29, 0.717) is 12.0 Å². The van der Waals surface area contributed by atoms with Crippen LogP contribution in [-0.2, 0) is 16.2 Å². The molecule has 0 bridgehead atoms. The van der Waals surface area contributed by atoms with Crippen LogP contribution in [0.15, 0.2) is 6.07 Å². The van der Waals surface area contributed by atoms with Gasteiger partial charge in [-0.1, -0.05) is 68.4 Å². The highest BCUT2D eigenvalue weighted by Crippen LogP contribution is 2.44. The van der Waals surface area contributed by atoms with Crippen molar-refractivity contribution in [3.63, 3.8) is 0 Å². The third-order valence-corrected chi connectivity index (χ3v) is 6.54. The van der Waals surface area contributed by atoms with E-state index < -0.39 is 17.4 Å². The smallest absolute Gasteiger partial charge is 0.336 e. The van der Waals surface area contributed by atoms with Crippen molar-refractivity contribution in [3.8, 4) is 0 Å². The summed E-state index contributed by atoms with van der Waals surface area (Å²) in [7, 11) is 0. The monoisotopic (exact) mass is 376 g/mol. The van der Waals surface area contributed by atoms with Crippen LogP contribution in [0.4, 0.5) is 0 Å². The van der Waals surface area contributed by atoms with Gasteiger partial charge in [-0.05, 0) is 52.2 Å². The van der Waals surface area contributed by atoms with Crippen LogP contribution in [0.1, 0.15) is 119 Å². The van der Waals surface area contributed by atoms with Gasteiger partial charge in [-0.3, -0.25) is 0 Å². The maximum absolute atomic E-state index is 12.4. The Morgan fingerprint density at radius 3 is 1.22 bits per heavy atom. The van der Waals surface area contributed by atoms with Crippen LogP contribution in [0.3, 0.4) is 0 Å². The summed E-state index contributed by atoms with van der Waals surface area (Å²) in [4.78, 5) is 24.8. The summed E-state index contributed by atoms with van der Waals surface area (Å²) in [5.74, 6) is -2.10. The third-order valence-electron chi connectivity index (χ3n) is 6.54. The van der Waals surface area contributed by atoms with Gasteiger partial charge in [0.1, 0.15) is 0 Å². The van der Waals surface area contributed by atoms with Gasteiger partial charge >= 0.3 is 11.9 Å². The van der Waals surface area contributed by atoms with Crippen LogP contribution in [0.2, 0.25) is 0 Å². The number of carbonyl (C=O) groups is 2. The number of benzene rings is 1. The molecule has 0 atom stereocenters. The van der Waals surface area contributed by atoms with E-state index in [1.54, 1.807) is 0 Å². The highest BCUT2D eigenvalue weighted by molar-refractivity contribution is 6.00. The molecule has 0 aliphatic carbocycles. The van der Waals surface area contributed by atoms with E-state index in [-0.39, 0.29) is 22.0 Å². The van der Waals surface area contributed by atoms with Gasteiger partial charge in [0.2, 0.25) is 0 Å². The fourth-order valence-corrected chi connectivity index (χ4v) is 3.43. The van der Waals surface area contributed by atoms with E-state index in [9.17, 15) is 19.8 Å². The topological polar surface area (TPSA) is 74.6 Å². The summed E-state index contributed by atoms with van der Waals surface area (Å²) in [5.41, 5.74) is 0.944. The molecule has 4 heteroatoms. The minimum absolute atomic E-state index is 0.168.